The normalized spacial score (nSPS) is 15.2. The van der Waals surface area contributed by atoms with Crippen molar-refractivity contribution in [2.24, 2.45) is 7.05 Å². The Hall–Kier alpha value is -2.87. The Bertz CT molecular complexity index is 1080. The molecular formula is C19H25N5O7S. The zero-order valence-corrected chi connectivity index (χ0v) is 18.4. The predicted octanol–water partition coefficient (Wildman–Crippen LogP) is 1.75. The summed E-state index contributed by atoms with van der Waals surface area (Å²) >= 11 is 0. The Morgan fingerprint density at radius 3 is 2.44 bits per heavy atom. The molecule has 32 heavy (non-hydrogen) atoms. The number of nitro benzene ring substituents is 2. The largest absolute Gasteiger partial charge is 0.379 e. The van der Waals surface area contributed by atoms with Gasteiger partial charge in [-0.1, -0.05) is 0 Å². The first-order valence-corrected chi connectivity index (χ1v) is 11.5. The lowest BCUT2D eigenvalue weighted by Crippen LogP contribution is -2.39. The maximum Gasteiger partial charge on any atom is 0.296 e. The van der Waals surface area contributed by atoms with Crippen LogP contribution in [0.4, 0.5) is 11.4 Å². The van der Waals surface area contributed by atoms with Crippen molar-refractivity contribution >= 4 is 21.4 Å². The molecule has 0 amide bonds. The van der Waals surface area contributed by atoms with Gasteiger partial charge in [0.25, 0.3) is 11.4 Å². The van der Waals surface area contributed by atoms with E-state index in [1.807, 2.05) is 0 Å². The number of ether oxygens (including phenoxy) is 1. The van der Waals surface area contributed by atoms with Crippen molar-refractivity contribution < 1.29 is 23.0 Å². The second-order valence-corrected chi connectivity index (χ2v) is 9.33. The van der Waals surface area contributed by atoms with Crippen molar-refractivity contribution in [1.29, 1.82) is 0 Å². The summed E-state index contributed by atoms with van der Waals surface area (Å²) in [5, 5.41) is 22.6. The average Bonchev–Trinajstić information content (AvgIpc) is 3.17. The highest BCUT2D eigenvalue weighted by Gasteiger charge is 2.33. The lowest BCUT2D eigenvalue weighted by molar-refractivity contribution is -0.396. The number of aryl methyl sites for hydroxylation is 1. The van der Waals surface area contributed by atoms with Crippen LogP contribution in [0.1, 0.15) is 12.1 Å². The molecule has 0 N–H and O–H groups in total. The Balaban J connectivity index is 1.90. The molecular weight excluding hydrogens is 442 g/mol. The van der Waals surface area contributed by atoms with Crippen molar-refractivity contribution in [2.45, 2.75) is 17.9 Å². The van der Waals surface area contributed by atoms with Gasteiger partial charge >= 0.3 is 0 Å². The molecule has 1 aliphatic heterocycles. The number of hydrogen-bond donors (Lipinski definition) is 0. The molecule has 0 atom stereocenters. The van der Waals surface area contributed by atoms with E-state index in [-0.39, 0.29) is 13.1 Å². The zero-order chi connectivity index (χ0) is 23.3. The monoisotopic (exact) mass is 467 g/mol. The molecule has 1 aliphatic rings. The van der Waals surface area contributed by atoms with E-state index >= 15 is 0 Å². The molecule has 0 aliphatic carbocycles. The molecule has 0 bridgehead atoms. The SMILES string of the molecule is Cn1cccc1CN(CCCN1CCOCC1)S(=O)(=O)c1ccc([N+](=O)[O-])cc1[N+](=O)[O-]. The van der Waals surface area contributed by atoms with E-state index in [1.54, 1.807) is 29.9 Å². The van der Waals surface area contributed by atoms with E-state index in [0.29, 0.717) is 37.9 Å². The first kappa shape index (κ1) is 23.8. The molecule has 1 aromatic carbocycles. The van der Waals surface area contributed by atoms with Gasteiger partial charge in [-0.3, -0.25) is 25.1 Å². The van der Waals surface area contributed by atoms with Crippen LogP contribution in [0.3, 0.4) is 0 Å². The molecule has 0 spiro atoms. The number of aromatic nitrogens is 1. The maximum absolute atomic E-state index is 13.5. The van der Waals surface area contributed by atoms with Gasteiger partial charge in [0.2, 0.25) is 10.0 Å². The van der Waals surface area contributed by atoms with Crippen LogP contribution in [0, 0.1) is 20.2 Å². The molecule has 0 unspecified atom stereocenters. The minimum atomic E-state index is -4.30. The molecule has 12 nitrogen and oxygen atoms in total. The molecule has 3 rings (SSSR count). The van der Waals surface area contributed by atoms with E-state index < -0.39 is 36.1 Å². The second-order valence-electron chi connectivity index (χ2n) is 7.42. The number of morpholine rings is 1. The summed E-state index contributed by atoms with van der Waals surface area (Å²) in [5.74, 6) is 0. The molecule has 1 aromatic heterocycles. The van der Waals surface area contributed by atoms with Gasteiger partial charge in [-0.25, -0.2) is 8.42 Å². The third kappa shape index (κ3) is 5.48. The van der Waals surface area contributed by atoms with Gasteiger partial charge < -0.3 is 9.30 Å². The lowest BCUT2D eigenvalue weighted by Gasteiger charge is -2.28. The van der Waals surface area contributed by atoms with Crippen LogP contribution >= 0.6 is 0 Å². The third-order valence-corrected chi connectivity index (χ3v) is 7.24. The van der Waals surface area contributed by atoms with Crippen LogP contribution in [0.15, 0.2) is 41.4 Å². The summed E-state index contributed by atoms with van der Waals surface area (Å²) in [6.07, 6.45) is 2.30. The van der Waals surface area contributed by atoms with Crippen LogP contribution in [-0.4, -0.2) is 71.4 Å². The highest BCUT2D eigenvalue weighted by Crippen LogP contribution is 2.31. The number of hydrogen-bond acceptors (Lipinski definition) is 8. The van der Waals surface area contributed by atoms with Crippen molar-refractivity contribution in [3.63, 3.8) is 0 Å². The highest BCUT2D eigenvalue weighted by molar-refractivity contribution is 7.89. The lowest BCUT2D eigenvalue weighted by atomic mass is 10.3. The Morgan fingerprint density at radius 2 is 1.84 bits per heavy atom. The standard InChI is InChI=1S/C19H25N5O7S/c1-20-7-2-4-17(20)15-22(9-3-8-21-10-12-31-13-11-21)32(29,30)19-6-5-16(23(25)26)14-18(19)24(27)28/h2,4-7,14H,3,8-13,15H2,1H3. The quantitative estimate of drug-likeness (QED) is 0.380. The first-order valence-electron chi connectivity index (χ1n) is 10.0. The maximum atomic E-state index is 13.5. The average molecular weight is 468 g/mol. The Morgan fingerprint density at radius 1 is 1.12 bits per heavy atom. The van der Waals surface area contributed by atoms with Gasteiger partial charge in [-0.2, -0.15) is 4.31 Å². The zero-order valence-electron chi connectivity index (χ0n) is 17.6. The van der Waals surface area contributed by atoms with Gasteiger partial charge in [-0.05, 0) is 31.2 Å². The molecule has 0 radical (unpaired) electrons. The fraction of sp³-hybridized carbons (Fsp3) is 0.474. The molecule has 1 saturated heterocycles. The molecule has 2 heterocycles. The number of rotatable bonds is 10. The van der Waals surface area contributed by atoms with Crippen LogP contribution in [0.2, 0.25) is 0 Å². The van der Waals surface area contributed by atoms with Gasteiger partial charge in [0.1, 0.15) is 0 Å². The number of nitro groups is 2. The molecule has 1 fully saturated rings. The summed E-state index contributed by atoms with van der Waals surface area (Å²) in [4.78, 5) is 22.5. The van der Waals surface area contributed by atoms with Crippen LogP contribution in [-0.2, 0) is 28.4 Å². The van der Waals surface area contributed by atoms with Gasteiger partial charge in [0.05, 0.1) is 35.7 Å². The highest BCUT2D eigenvalue weighted by atomic mass is 32.2. The van der Waals surface area contributed by atoms with Crippen LogP contribution in [0.5, 0.6) is 0 Å². The predicted molar refractivity (Wildman–Crippen MR) is 115 cm³/mol. The number of nitrogens with zero attached hydrogens (tertiary/aromatic N) is 5. The van der Waals surface area contributed by atoms with Crippen LogP contribution < -0.4 is 0 Å². The van der Waals surface area contributed by atoms with Crippen molar-refractivity contribution in [2.75, 3.05) is 39.4 Å². The third-order valence-electron chi connectivity index (χ3n) is 5.34. The minimum Gasteiger partial charge on any atom is -0.379 e. The fourth-order valence-electron chi connectivity index (χ4n) is 3.54. The van der Waals surface area contributed by atoms with Crippen molar-refractivity contribution in [3.8, 4) is 0 Å². The number of non-ortho nitro benzene ring substituents is 1. The van der Waals surface area contributed by atoms with E-state index in [0.717, 1.165) is 25.2 Å². The fourth-order valence-corrected chi connectivity index (χ4v) is 5.13. The smallest absolute Gasteiger partial charge is 0.296 e. The Labute approximate surface area is 185 Å². The second kappa shape index (κ2) is 10.2. The molecule has 174 valence electrons. The van der Waals surface area contributed by atoms with Crippen LogP contribution in [0.25, 0.3) is 0 Å². The first-order chi connectivity index (χ1) is 15.2. The van der Waals surface area contributed by atoms with Gasteiger partial charge in [-0.15, -0.1) is 0 Å². The molecule has 13 heteroatoms. The summed E-state index contributed by atoms with van der Waals surface area (Å²) in [7, 11) is -2.52. The van der Waals surface area contributed by atoms with Gasteiger partial charge in [0, 0.05) is 44.6 Å². The summed E-state index contributed by atoms with van der Waals surface area (Å²) < 4.78 is 35.2. The van der Waals surface area contributed by atoms with Gasteiger partial charge in [0.15, 0.2) is 4.90 Å². The number of sulfonamides is 1. The van der Waals surface area contributed by atoms with Crippen molar-refractivity contribution in [1.82, 2.24) is 13.8 Å². The van der Waals surface area contributed by atoms with E-state index in [2.05, 4.69) is 4.90 Å². The Kier molecular flexibility index (Phi) is 7.56. The topological polar surface area (TPSA) is 141 Å². The van der Waals surface area contributed by atoms with Crippen molar-refractivity contribution in [3.05, 3.63) is 62.5 Å². The minimum absolute atomic E-state index is 0.0170. The summed E-state index contributed by atoms with van der Waals surface area (Å²) in [5.41, 5.74) is -0.647. The van der Waals surface area contributed by atoms with E-state index in [4.69, 9.17) is 4.74 Å². The number of benzene rings is 1. The summed E-state index contributed by atoms with van der Waals surface area (Å²) in [6, 6.07) is 6.14. The molecule has 2 aromatic rings. The van der Waals surface area contributed by atoms with E-state index in [1.165, 1.54) is 4.31 Å². The molecule has 0 saturated carbocycles. The summed E-state index contributed by atoms with van der Waals surface area (Å²) in [6.45, 7) is 3.59. The van der Waals surface area contributed by atoms with E-state index in [9.17, 15) is 28.6 Å².